The van der Waals surface area contributed by atoms with Crippen molar-refractivity contribution in [3.63, 3.8) is 0 Å². The molecule has 0 fully saturated rings. The molecule has 1 atom stereocenters. The fraction of sp³-hybridized carbons (Fsp3) is 0.222. The van der Waals surface area contributed by atoms with E-state index in [4.69, 9.17) is 11.0 Å². The zero-order valence-electron chi connectivity index (χ0n) is 6.82. The first-order chi connectivity index (χ1) is 5.24. The molecule has 1 unspecified atom stereocenters. The molecule has 0 aliphatic carbocycles. The Bertz CT molecular complexity index is 274. The summed E-state index contributed by atoms with van der Waals surface area (Å²) >= 11 is 0. The summed E-state index contributed by atoms with van der Waals surface area (Å²) in [6.45, 7) is 2.00. The van der Waals surface area contributed by atoms with E-state index < -0.39 is 6.04 Å². The highest BCUT2D eigenvalue weighted by atomic mass is 35.5. The summed E-state index contributed by atoms with van der Waals surface area (Å²) < 4.78 is 0. The van der Waals surface area contributed by atoms with E-state index in [0.29, 0.717) is 0 Å². The summed E-state index contributed by atoms with van der Waals surface area (Å²) in [5.74, 6) is 0. The molecule has 0 amide bonds. The van der Waals surface area contributed by atoms with E-state index in [1.54, 1.807) is 0 Å². The average molecular weight is 183 g/mol. The average Bonchev–Trinajstić information content (AvgIpc) is 2.05. The van der Waals surface area contributed by atoms with E-state index in [9.17, 15) is 0 Å². The molecule has 12 heavy (non-hydrogen) atoms. The van der Waals surface area contributed by atoms with E-state index in [1.807, 2.05) is 37.3 Å². The van der Waals surface area contributed by atoms with Crippen molar-refractivity contribution in [2.75, 3.05) is 0 Å². The highest BCUT2D eigenvalue weighted by Gasteiger charge is 2.01. The third-order valence-electron chi connectivity index (χ3n) is 1.58. The van der Waals surface area contributed by atoms with Gasteiger partial charge in [0.15, 0.2) is 0 Å². The Balaban J connectivity index is 0.00000121. The van der Waals surface area contributed by atoms with Crippen LogP contribution >= 0.6 is 12.4 Å². The molecule has 64 valence electrons. The van der Waals surface area contributed by atoms with Crippen molar-refractivity contribution in [3.8, 4) is 6.07 Å². The van der Waals surface area contributed by atoms with Crippen LogP contribution < -0.4 is 5.73 Å². The van der Waals surface area contributed by atoms with Gasteiger partial charge in [-0.2, -0.15) is 5.26 Å². The Labute approximate surface area is 78.4 Å². The summed E-state index contributed by atoms with van der Waals surface area (Å²) in [6.07, 6.45) is 0. The van der Waals surface area contributed by atoms with Crippen LogP contribution in [0.4, 0.5) is 0 Å². The van der Waals surface area contributed by atoms with Crippen molar-refractivity contribution in [3.05, 3.63) is 35.4 Å². The first-order valence-electron chi connectivity index (χ1n) is 3.46. The van der Waals surface area contributed by atoms with E-state index in [1.165, 1.54) is 5.56 Å². The second-order valence-corrected chi connectivity index (χ2v) is 2.52. The number of aryl methyl sites for hydroxylation is 1. The van der Waals surface area contributed by atoms with Crippen molar-refractivity contribution in [2.45, 2.75) is 13.0 Å². The quantitative estimate of drug-likeness (QED) is 0.722. The molecule has 0 saturated carbocycles. The largest absolute Gasteiger partial charge is 0.312 e. The summed E-state index contributed by atoms with van der Waals surface area (Å²) in [5.41, 5.74) is 7.54. The second-order valence-electron chi connectivity index (χ2n) is 2.52. The molecule has 1 aromatic rings. The molecule has 0 heterocycles. The van der Waals surface area contributed by atoms with E-state index in [-0.39, 0.29) is 12.4 Å². The fourth-order valence-corrected chi connectivity index (χ4v) is 0.848. The molecule has 2 nitrogen and oxygen atoms in total. The lowest BCUT2D eigenvalue weighted by atomic mass is 10.1. The lowest BCUT2D eigenvalue weighted by Crippen LogP contribution is -2.06. The Morgan fingerprint density at radius 3 is 2.25 bits per heavy atom. The number of nitrogens with two attached hydrogens (primary N) is 1. The van der Waals surface area contributed by atoms with Crippen molar-refractivity contribution >= 4 is 12.4 Å². The van der Waals surface area contributed by atoms with Crippen LogP contribution in [0.1, 0.15) is 17.2 Å². The van der Waals surface area contributed by atoms with Gasteiger partial charge in [0.05, 0.1) is 6.07 Å². The van der Waals surface area contributed by atoms with E-state index in [0.717, 1.165) is 5.56 Å². The van der Waals surface area contributed by atoms with Gasteiger partial charge in [-0.1, -0.05) is 29.8 Å². The van der Waals surface area contributed by atoms with Crippen LogP contribution in [0.5, 0.6) is 0 Å². The second kappa shape index (κ2) is 4.76. The van der Waals surface area contributed by atoms with Crippen LogP contribution in [0.2, 0.25) is 0 Å². The molecular formula is C9H11ClN2. The van der Waals surface area contributed by atoms with Crippen LogP contribution in [-0.4, -0.2) is 0 Å². The Hall–Kier alpha value is -1.04. The van der Waals surface area contributed by atoms with Gasteiger partial charge < -0.3 is 5.73 Å². The molecule has 0 aliphatic rings. The lowest BCUT2D eigenvalue weighted by molar-refractivity contribution is 0.925. The summed E-state index contributed by atoms with van der Waals surface area (Å²) in [5, 5.41) is 8.48. The van der Waals surface area contributed by atoms with Crippen LogP contribution in [0.15, 0.2) is 24.3 Å². The molecule has 2 N–H and O–H groups in total. The van der Waals surface area contributed by atoms with E-state index >= 15 is 0 Å². The first kappa shape index (κ1) is 11.0. The van der Waals surface area contributed by atoms with Crippen LogP contribution in [-0.2, 0) is 0 Å². The van der Waals surface area contributed by atoms with E-state index in [2.05, 4.69) is 0 Å². The Morgan fingerprint density at radius 2 is 1.83 bits per heavy atom. The molecule has 3 heteroatoms. The lowest BCUT2D eigenvalue weighted by Gasteiger charge is -2.01. The van der Waals surface area contributed by atoms with Gasteiger partial charge in [-0.15, -0.1) is 12.4 Å². The van der Waals surface area contributed by atoms with Gasteiger partial charge in [-0.25, -0.2) is 0 Å². The molecule has 1 aromatic carbocycles. The molecule has 0 aromatic heterocycles. The molecule has 0 radical (unpaired) electrons. The number of nitrogens with zero attached hydrogens (tertiary/aromatic N) is 1. The summed E-state index contributed by atoms with van der Waals surface area (Å²) in [7, 11) is 0. The third-order valence-corrected chi connectivity index (χ3v) is 1.58. The smallest absolute Gasteiger partial charge is 0.118 e. The van der Waals surface area contributed by atoms with Crippen molar-refractivity contribution in [2.24, 2.45) is 5.73 Å². The van der Waals surface area contributed by atoms with Gasteiger partial charge in [-0.05, 0) is 12.5 Å². The van der Waals surface area contributed by atoms with Gasteiger partial charge in [0.25, 0.3) is 0 Å². The highest BCUT2D eigenvalue weighted by Crippen LogP contribution is 2.09. The zero-order valence-corrected chi connectivity index (χ0v) is 7.64. The highest BCUT2D eigenvalue weighted by molar-refractivity contribution is 5.85. The monoisotopic (exact) mass is 182 g/mol. The number of hydrogen-bond acceptors (Lipinski definition) is 2. The van der Waals surface area contributed by atoms with Gasteiger partial charge in [-0.3, -0.25) is 0 Å². The number of rotatable bonds is 1. The maximum atomic E-state index is 8.48. The minimum Gasteiger partial charge on any atom is -0.312 e. The fourth-order valence-electron chi connectivity index (χ4n) is 0.848. The molecule has 0 bridgehead atoms. The number of benzene rings is 1. The summed E-state index contributed by atoms with van der Waals surface area (Å²) in [6, 6.07) is 9.15. The normalized spacial score (nSPS) is 11.1. The molecule has 1 rings (SSSR count). The third kappa shape index (κ3) is 2.54. The van der Waals surface area contributed by atoms with Gasteiger partial charge >= 0.3 is 0 Å². The Kier molecular flexibility index (Phi) is 4.35. The van der Waals surface area contributed by atoms with Crippen LogP contribution in [0.3, 0.4) is 0 Å². The maximum absolute atomic E-state index is 8.48. The zero-order chi connectivity index (χ0) is 8.27. The number of nitriles is 1. The molecule has 0 aliphatic heterocycles. The summed E-state index contributed by atoms with van der Waals surface area (Å²) in [4.78, 5) is 0. The minimum absolute atomic E-state index is 0. The van der Waals surface area contributed by atoms with Crippen molar-refractivity contribution in [1.82, 2.24) is 0 Å². The number of hydrogen-bond donors (Lipinski definition) is 1. The van der Waals surface area contributed by atoms with Crippen molar-refractivity contribution in [1.29, 1.82) is 5.26 Å². The maximum Gasteiger partial charge on any atom is 0.118 e. The van der Waals surface area contributed by atoms with Gasteiger partial charge in [0, 0.05) is 0 Å². The predicted octanol–water partition coefficient (Wildman–Crippen LogP) is 1.94. The predicted molar refractivity (Wildman–Crippen MR) is 51.0 cm³/mol. The minimum atomic E-state index is -0.490. The first-order valence-corrected chi connectivity index (χ1v) is 3.46. The topological polar surface area (TPSA) is 49.8 Å². The SMILES string of the molecule is Cc1ccc(C(N)C#N)cc1.Cl. The Morgan fingerprint density at radius 1 is 1.33 bits per heavy atom. The molecular weight excluding hydrogens is 172 g/mol. The standard InChI is InChI=1S/C9H10N2.ClH/c1-7-2-4-8(5-3-7)9(11)6-10;/h2-5,9H,11H2,1H3;1H. The van der Waals surface area contributed by atoms with Crippen LogP contribution in [0, 0.1) is 18.3 Å². The molecule has 0 saturated heterocycles. The van der Waals surface area contributed by atoms with Gasteiger partial charge in [0.1, 0.15) is 6.04 Å². The van der Waals surface area contributed by atoms with Crippen LogP contribution in [0.25, 0.3) is 0 Å². The number of halogens is 1. The molecule has 0 spiro atoms. The van der Waals surface area contributed by atoms with Crippen molar-refractivity contribution < 1.29 is 0 Å². The van der Waals surface area contributed by atoms with Gasteiger partial charge in [0.2, 0.25) is 0 Å².